The van der Waals surface area contributed by atoms with Crippen molar-refractivity contribution in [2.75, 3.05) is 5.75 Å². The topological polar surface area (TPSA) is 85.1 Å². The van der Waals surface area contributed by atoms with Gasteiger partial charge in [0.15, 0.2) is 11.0 Å². The highest BCUT2D eigenvalue weighted by Gasteiger charge is 2.17. The first-order valence-corrected chi connectivity index (χ1v) is 12.0. The lowest BCUT2D eigenvalue weighted by molar-refractivity contribution is -0.118. The maximum atomic E-state index is 12.3. The van der Waals surface area contributed by atoms with Crippen molar-refractivity contribution in [3.63, 3.8) is 0 Å². The minimum absolute atomic E-state index is 0.138. The Morgan fingerprint density at radius 1 is 1.03 bits per heavy atom. The third-order valence-electron chi connectivity index (χ3n) is 4.24. The second-order valence-electron chi connectivity index (χ2n) is 6.49. The van der Waals surface area contributed by atoms with E-state index in [1.54, 1.807) is 18.6 Å². The number of rotatable bonds is 7. The van der Waals surface area contributed by atoms with Gasteiger partial charge in [-0.05, 0) is 54.1 Å². The molecule has 2 heterocycles. The number of halogens is 2. The van der Waals surface area contributed by atoms with E-state index in [4.69, 9.17) is 0 Å². The van der Waals surface area contributed by atoms with E-state index in [1.165, 1.54) is 11.8 Å². The molecule has 0 fully saturated rings. The van der Waals surface area contributed by atoms with E-state index in [-0.39, 0.29) is 11.7 Å². The summed E-state index contributed by atoms with van der Waals surface area (Å²) >= 11 is 8.13. The van der Waals surface area contributed by atoms with Gasteiger partial charge in [0, 0.05) is 32.6 Å². The summed E-state index contributed by atoms with van der Waals surface area (Å²) in [5, 5.41) is 13.3. The average molecular weight is 572 g/mol. The molecule has 0 aliphatic heterocycles. The second kappa shape index (κ2) is 10.7. The van der Waals surface area contributed by atoms with Crippen molar-refractivity contribution in [1.29, 1.82) is 0 Å². The highest BCUT2D eigenvalue weighted by Crippen LogP contribution is 2.28. The zero-order valence-corrected chi connectivity index (χ0v) is 20.5. The van der Waals surface area contributed by atoms with Gasteiger partial charge in [0.05, 0.1) is 12.0 Å². The Morgan fingerprint density at radius 2 is 1.75 bits per heavy atom. The summed E-state index contributed by atoms with van der Waals surface area (Å²) in [6.07, 6.45) is 5.04. The van der Waals surface area contributed by atoms with Crippen LogP contribution in [0, 0.1) is 0 Å². The SMILES string of the molecule is O=C(CSc1nnc(-c2cccnc2)n1-c1ccc(Br)cc1)NN=Cc1ccc(Br)cc1. The van der Waals surface area contributed by atoms with Crippen molar-refractivity contribution >= 4 is 55.7 Å². The molecule has 0 radical (unpaired) electrons. The number of aromatic nitrogens is 4. The minimum Gasteiger partial charge on any atom is -0.272 e. The van der Waals surface area contributed by atoms with Crippen molar-refractivity contribution in [2.45, 2.75) is 5.16 Å². The molecule has 0 bridgehead atoms. The lowest BCUT2D eigenvalue weighted by Gasteiger charge is -2.10. The maximum Gasteiger partial charge on any atom is 0.250 e. The number of hydrogen-bond acceptors (Lipinski definition) is 6. The molecule has 0 unspecified atom stereocenters. The first-order valence-electron chi connectivity index (χ1n) is 9.42. The quantitative estimate of drug-likeness (QED) is 0.189. The molecule has 4 aromatic rings. The van der Waals surface area contributed by atoms with Crippen LogP contribution >= 0.6 is 43.6 Å². The molecule has 1 amide bonds. The molecule has 32 heavy (non-hydrogen) atoms. The van der Waals surface area contributed by atoms with Gasteiger partial charge in [-0.1, -0.05) is 55.8 Å². The molecule has 0 atom stereocenters. The Kier molecular flexibility index (Phi) is 7.46. The third-order valence-corrected chi connectivity index (χ3v) is 6.23. The van der Waals surface area contributed by atoms with Gasteiger partial charge in [0.2, 0.25) is 0 Å². The van der Waals surface area contributed by atoms with E-state index < -0.39 is 0 Å². The number of nitrogens with zero attached hydrogens (tertiary/aromatic N) is 5. The van der Waals surface area contributed by atoms with E-state index >= 15 is 0 Å². The number of carbonyl (C=O) groups excluding carboxylic acids is 1. The zero-order valence-electron chi connectivity index (χ0n) is 16.5. The molecule has 0 saturated heterocycles. The lowest BCUT2D eigenvalue weighted by Crippen LogP contribution is -2.20. The number of benzene rings is 2. The lowest BCUT2D eigenvalue weighted by atomic mass is 10.2. The van der Waals surface area contributed by atoms with Gasteiger partial charge in [-0.25, -0.2) is 5.43 Å². The van der Waals surface area contributed by atoms with Crippen LogP contribution < -0.4 is 5.43 Å². The summed E-state index contributed by atoms with van der Waals surface area (Å²) in [4.78, 5) is 16.5. The number of carbonyl (C=O) groups is 1. The first-order chi connectivity index (χ1) is 15.6. The van der Waals surface area contributed by atoms with Crippen LogP contribution in [-0.4, -0.2) is 37.6 Å². The highest BCUT2D eigenvalue weighted by atomic mass is 79.9. The van der Waals surface area contributed by atoms with Crippen LogP contribution in [0.5, 0.6) is 0 Å². The Morgan fingerprint density at radius 3 is 2.44 bits per heavy atom. The fraction of sp³-hybridized carbons (Fsp3) is 0.0455. The predicted octanol–water partition coefficient (Wildman–Crippen LogP) is 5.10. The van der Waals surface area contributed by atoms with Crippen molar-refractivity contribution < 1.29 is 4.79 Å². The minimum atomic E-state index is -0.239. The summed E-state index contributed by atoms with van der Waals surface area (Å²) in [5.41, 5.74) is 5.15. The summed E-state index contributed by atoms with van der Waals surface area (Å²) in [7, 11) is 0. The van der Waals surface area contributed by atoms with Gasteiger partial charge in [-0.15, -0.1) is 10.2 Å². The molecule has 0 spiro atoms. The normalized spacial score (nSPS) is 11.1. The molecule has 10 heteroatoms. The van der Waals surface area contributed by atoms with Crippen LogP contribution in [0.1, 0.15) is 5.56 Å². The highest BCUT2D eigenvalue weighted by molar-refractivity contribution is 9.10. The van der Waals surface area contributed by atoms with Gasteiger partial charge in [0.25, 0.3) is 5.91 Å². The number of amides is 1. The molecule has 0 aliphatic carbocycles. The Hall–Kier alpha value is -2.82. The predicted molar refractivity (Wildman–Crippen MR) is 133 cm³/mol. The summed E-state index contributed by atoms with van der Waals surface area (Å²) in [6.45, 7) is 0. The molecule has 160 valence electrons. The summed E-state index contributed by atoms with van der Waals surface area (Å²) in [5.74, 6) is 0.549. The molecular formula is C22H16Br2N6OS. The fourth-order valence-electron chi connectivity index (χ4n) is 2.76. The monoisotopic (exact) mass is 570 g/mol. The number of pyridine rings is 1. The smallest absolute Gasteiger partial charge is 0.250 e. The number of nitrogens with one attached hydrogen (secondary N) is 1. The molecule has 7 nitrogen and oxygen atoms in total. The van der Waals surface area contributed by atoms with Crippen LogP contribution in [0.15, 0.2) is 92.3 Å². The standard InChI is InChI=1S/C22H16Br2N6OS/c23-17-5-3-15(4-6-17)12-26-27-20(31)14-32-22-29-28-21(16-2-1-11-25-13-16)30(22)19-9-7-18(24)8-10-19/h1-13H,14H2,(H,27,31). The molecule has 0 saturated carbocycles. The maximum absolute atomic E-state index is 12.3. The number of hydrogen-bond donors (Lipinski definition) is 1. The van der Waals surface area contributed by atoms with Gasteiger partial charge < -0.3 is 0 Å². The molecule has 1 N–H and O–H groups in total. The molecule has 2 aromatic carbocycles. The van der Waals surface area contributed by atoms with Crippen LogP contribution in [0.3, 0.4) is 0 Å². The van der Waals surface area contributed by atoms with E-state index in [0.29, 0.717) is 11.0 Å². The number of hydrazone groups is 1. The third kappa shape index (κ3) is 5.70. The molecule has 2 aromatic heterocycles. The second-order valence-corrected chi connectivity index (χ2v) is 9.27. The van der Waals surface area contributed by atoms with Crippen LogP contribution in [0.4, 0.5) is 0 Å². The van der Waals surface area contributed by atoms with Gasteiger partial charge in [-0.3, -0.25) is 14.3 Å². The molecule has 4 rings (SSSR count). The van der Waals surface area contributed by atoms with E-state index in [0.717, 1.165) is 25.8 Å². The summed E-state index contributed by atoms with van der Waals surface area (Å²) in [6, 6.07) is 19.2. The van der Waals surface area contributed by atoms with Crippen molar-refractivity contribution in [2.24, 2.45) is 5.10 Å². The van der Waals surface area contributed by atoms with Crippen LogP contribution in [0.2, 0.25) is 0 Å². The van der Waals surface area contributed by atoms with E-state index in [9.17, 15) is 4.79 Å². The Bertz CT molecular complexity index is 1230. The Labute approximate surface area is 205 Å². The molecule has 0 aliphatic rings. The fourth-order valence-corrected chi connectivity index (χ4v) is 4.03. The average Bonchev–Trinajstić information content (AvgIpc) is 3.24. The van der Waals surface area contributed by atoms with Crippen molar-refractivity contribution in [3.05, 3.63) is 87.6 Å². The Balaban J connectivity index is 1.49. The van der Waals surface area contributed by atoms with Crippen LogP contribution in [-0.2, 0) is 4.79 Å². The summed E-state index contributed by atoms with van der Waals surface area (Å²) < 4.78 is 3.86. The van der Waals surface area contributed by atoms with Crippen molar-refractivity contribution in [3.8, 4) is 17.1 Å². The first kappa shape index (κ1) is 22.4. The van der Waals surface area contributed by atoms with Gasteiger partial charge in [-0.2, -0.15) is 5.10 Å². The largest absolute Gasteiger partial charge is 0.272 e. The van der Waals surface area contributed by atoms with Gasteiger partial charge >= 0.3 is 0 Å². The zero-order chi connectivity index (χ0) is 22.3. The van der Waals surface area contributed by atoms with Crippen molar-refractivity contribution in [1.82, 2.24) is 25.2 Å². The van der Waals surface area contributed by atoms with Gasteiger partial charge in [0.1, 0.15) is 0 Å². The molecular weight excluding hydrogens is 556 g/mol. The van der Waals surface area contributed by atoms with E-state index in [1.807, 2.05) is 65.2 Å². The van der Waals surface area contributed by atoms with E-state index in [2.05, 4.69) is 57.6 Å². The number of thioether (sulfide) groups is 1. The van der Waals surface area contributed by atoms with Crippen LogP contribution in [0.25, 0.3) is 17.1 Å².